The molecule has 0 spiro atoms. The molecule has 0 radical (unpaired) electrons. The van der Waals surface area contributed by atoms with Gasteiger partial charge in [0.1, 0.15) is 28.4 Å². The number of benzene rings is 2. The van der Waals surface area contributed by atoms with E-state index in [-0.39, 0.29) is 17.5 Å². The Bertz CT molecular complexity index is 2030. The van der Waals surface area contributed by atoms with Crippen molar-refractivity contribution in [3.05, 3.63) is 87.9 Å². The van der Waals surface area contributed by atoms with Crippen molar-refractivity contribution >= 4 is 47.6 Å². The number of aromatic nitrogens is 5. The van der Waals surface area contributed by atoms with Gasteiger partial charge in [-0.25, -0.2) is 19.0 Å². The molecule has 0 amide bonds. The smallest absolute Gasteiger partial charge is 0.264 e. The molecule has 1 fully saturated rings. The summed E-state index contributed by atoms with van der Waals surface area (Å²) < 4.78 is 22.6. The molecule has 42 heavy (non-hydrogen) atoms. The maximum Gasteiger partial charge on any atom is 0.264 e. The zero-order chi connectivity index (χ0) is 29.1. The van der Waals surface area contributed by atoms with Crippen molar-refractivity contribution < 1.29 is 9.13 Å². The second-order valence-electron chi connectivity index (χ2n) is 10.6. The largest absolute Gasteiger partial charge is 0.460 e. The van der Waals surface area contributed by atoms with Crippen molar-refractivity contribution in [3.63, 3.8) is 0 Å². The summed E-state index contributed by atoms with van der Waals surface area (Å²) in [5, 5.41) is 8.47. The van der Waals surface area contributed by atoms with Crippen LogP contribution in [0.5, 0.6) is 5.75 Å². The number of nitrogens with zero attached hydrogens (tertiary/aromatic N) is 5. The molecule has 2 aromatic carbocycles. The molecule has 0 bridgehead atoms. The molecule has 1 aliphatic rings. The van der Waals surface area contributed by atoms with Crippen LogP contribution in [-0.4, -0.2) is 30.5 Å². The number of anilines is 1. The Labute approximate surface area is 247 Å². The second-order valence-corrected chi connectivity index (χ2v) is 12.2. The van der Waals surface area contributed by atoms with E-state index in [0.29, 0.717) is 39.2 Å². The highest BCUT2D eigenvalue weighted by molar-refractivity contribution is 7.27. The number of hydrogen-bond donors (Lipinski definition) is 1. The van der Waals surface area contributed by atoms with Gasteiger partial charge in [0.05, 0.1) is 17.0 Å². The number of hydrogen-bond acceptors (Lipinski definition) is 7. The molecule has 0 aliphatic heterocycles. The Kier molecular flexibility index (Phi) is 6.55. The van der Waals surface area contributed by atoms with Crippen LogP contribution in [0, 0.1) is 12.8 Å². The van der Waals surface area contributed by atoms with Gasteiger partial charge in [0.2, 0.25) is 6.36 Å². The molecular weight excluding hydrogens is 570 g/mol. The van der Waals surface area contributed by atoms with Crippen molar-refractivity contribution in [1.29, 1.82) is 0 Å². The molecule has 0 saturated heterocycles. The van der Waals surface area contributed by atoms with Crippen molar-refractivity contribution in [1.82, 2.24) is 24.1 Å². The number of nitrogen functional groups attached to an aromatic ring is 1. The normalized spacial score (nSPS) is 14.9. The molecule has 1 saturated carbocycles. The number of thiazole rings is 1. The molecule has 11 heteroatoms. The van der Waals surface area contributed by atoms with E-state index in [1.165, 1.54) is 13.3 Å². The standard InChI is InChI=1S/C31H28FN6O2PS/c1-16-14-42-24-13-21(25(31(39)37(16)24)18-6-4-3-5-7-18)28(19-8-9-19)38-30-26(29(33)34-15-35-30)27(36-38)20-10-11-22(23(41)12-20)40-17(2)32/h3-7,10-15,17,19,28H,8-9,41H2,1-2H3,(H2,33,34,35)/t17?,28-/m0/s1. The highest BCUT2D eigenvalue weighted by Crippen LogP contribution is 2.47. The number of halogens is 1. The molecule has 2 unspecified atom stereocenters. The summed E-state index contributed by atoms with van der Waals surface area (Å²) in [5.41, 5.74) is 11.7. The van der Waals surface area contributed by atoms with Crippen LogP contribution in [0.3, 0.4) is 0 Å². The average molecular weight is 599 g/mol. The Hall–Kier alpha value is -4.14. The van der Waals surface area contributed by atoms with E-state index in [9.17, 15) is 9.18 Å². The number of rotatable bonds is 7. The summed E-state index contributed by atoms with van der Waals surface area (Å²) in [7, 11) is 2.59. The molecule has 3 atom stereocenters. The van der Waals surface area contributed by atoms with E-state index in [1.54, 1.807) is 21.8 Å². The minimum absolute atomic E-state index is 0.0470. The molecule has 7 rings (SSSR count). The van der Waals surface area contributed by atoms with Crippen LogP contribution >= 0.6 is 20.6 Å². The van der Waals surface area contributed by atoms with Crippen molar-refractivity contribution in [2.24, 2.45) is 5.92 Å². The number of pyridine rings is 1. The van der Waals surface area contributed by atoms with Crippen molar-refractivity contribution in [2.75, 3.05) is 5.73 Å². The number of fused-ring (bicyclic) bond motifs is 2. The lowest BCUT2D eigenvalue weighted by Crippen LogP contribution is -2.23. The van der Waals surface area contributed by atoms with Gasteiger partial charge >= 0.3 is 0 Å². The maximum absolute atomic E-state index is 14.2. The van der Waals surface area contributed by atoms with Crippen molar-refractivity contribution in [3.8, 4) is 28.1 Å². The summed E-state index contributed by atoms with van der Waals surface area (Å²) in [5.74, 6) is 1.00. The lowest BCUT2D eigenvalue weighted by molar-refractivity contribution is 0.0873. The van der Waals surface area contributed by atoms with Gasteiger partial charge in [-0.1, -0.05) is 30.3 Å². The van der Waals surface area contributed by atoms with Gasteiger partial charge < -0.3 is 10.5 Å². The first-order chi connectivity index (χ1) is 20.3. The van der Waals surface area contributed by atoms with E-state index in [0.717, 1.165) is 40.1 Å². The monoisotopic (exact) mass is 598 g/mol. The molecule has 4 aromatic heterocycles. The lowest BCUT2D eigenvalue weighted by Gasteiger charge is -2.22. The SMILES string of the molecule is Cc1csc2cc([C@H](C3CC3)n3nc(-c4ccc(OC(C)F)c(P)c4)c4c(N)ncnc43)c(-c3ccccc3)c(=O)n12. The first-order valence-corrected chi connectivity index (χ1v) is 15.2. The summed E-state index contributed by atoms with van der Waals surface area (Å²) in [6.45, 7) is 3.29. The second kappa shape index (κ2) is 10.3. The quantitative estimate of drug-likeness (QED) is 0.229. The minimum Gasteiger partial charge on any atom is -0.460 e. The first kappa shape index (κ1) is 26.7. The molecule has 2 N–H and O–H groups in total. The fourth-order valence-corrected chi connectivity index (χ4v) is 6.99. The van der Waals surface area contributed by atoms with Crippen LogP contribution in [0.25, 0.3) is 38.2 Å². The van der Waals surface area contributed by atoms with Crippen LogP contribution in [0.2, 0.25) is 0 Å². The number of alkyl halides is 1. The van der Waals surface area contributed by atoms with E-state index in [1.807, 2.05) is 59.5 Å². The van der Waals surface area contributed by atoms with E-state index < -0.39 is 6.36 Å². The average Bonchev–Trinajstić information content (AvgIpc) is 3.62. The number of ether oxygens (including phenoxy) is 1. The van der Waals surface area contributed by atoms with E-state index in [2.05, 4.69) is 25.3 Å². The number of aryl methyl sites for hydroxylation is 1. The first-order valence-electron chi connectivity index (χ1n) is 13.7. The van der Waals surface area contributed by atoms with Crippen LogP contribution in [-0.2, 0) is 0 Å². The Morgan fingerprint density at radius 2 is 1.90 bits per heavy atom. The van der Waals surface area contributed by atoms with Crippen LogP contribution < -0.4 is 21.3 Å². The Morgan fingerprint density at radius 3 is 2.62 bits per heavy atom. The van der Waals surface area contributed by atoms with Gasteiger partial charge in [0.25, 0.3) is 5.56 Å². The Balaban J connectivity index is 1.49. The fraction of sp³-hybridized carbons (Fsp3) is 0.226. The third-order valence-corrected chi connectivity index (χ3v) is 9.16. The predicted octanol–water partition coefficient (Wildman–Crippen LogP) is 5.92. The third kappa shape index (κ3) is 4.46. The summed E-state index contributed by atoms with van der Waals surface area (Å²) in [4.78, 5) is 24.0. The summed E-state index contributed by atoms with van der Waals surface area (Å²) >= 11 is 1.55. The maximum atomic E-state index is 14.2. The summed E-state index contributed by atoms with van der Waals surface area (Å²) in [6, 6.07) is 17.1. The van der Waals surface area contributed by atoms with Crippen LogP contribution in [0.1, 0.15) is 37.1 Å². The molecule has 1 aliphatic carbocycles. The van der Waals surface area contributed by atoms with Gasteiger partial charge in [-0.05, 0) is 61.1 Å². The molecule has 8 nitrogen and oxygen atoms in total. The highest BCUT2D eigenvalue weighted by Gasteiger charge is 2.39. The molecule has 4 heterocycles. The van der Waals surface area contributed by atoms with Gasteiger partial charge in [0.15, 0.2) is 5.65 Å². The van der Waals surface area contributed by atoms with Gasteiger partial charge in [-0.3, -0.25) is 9.20 Å². The highest BCUT2D eigenvalue weighted by atomic mass is 32.1. The van der Waals surface area contributed by atoms with Gasteiger partial charge in [0, 0.05) is 28.9 Å². The fourth-order valence-electron chi connectivity index (χ4n) is 5.72. The van der Waals surface area contributed by atoms with Crippen molar-refractivity contribution in [2.45, 2.75) is 39.1 Å². The third-order valence-electron chi connectivity index (χ3n) is 7.71. The lowest BCUT2D eigenvalue weighted by atomic mass is 9.93. The predicted molar refractivity (Wildman–Crippen MR) is 168 cm³/mol. The minimum atomic E-state index is -1.44. The Morgan fingerprint density at radius 1 is 1.12 bits per heavy atom. The molecule has 6 aromatic rings. The van der Waals surface area contributed by atoms with E-state index in [4.69, 9.17) is 15.6 Å². The van der Waals surface area contributed by atoms with E-state index >= 15 is 0 Å². The van der Waals surface area contributed by atoms with Crippen LogP contribution in [0.15, 0.2) is 71.1 Å². The topological polar surface area (TPSA) is 100 Å². The number of nitrogens with two attached hydrogens (primary N) is 1. The van der Waals surface area contributed by atoms with Gasteiger partial charge in [-0.15, -0.1) is 20.6 Å². The molecular formula is C31H28FN6O2PS. The zero-order valence-corrected chi connectivity index (χ0v) is 25.0. The summed E-state index contributed by atoms with van der Waals surface area (Å²) in [6.07, 6.45) is 2.01. The van der Waals surface area contributed by atoms with Gasteiger partial charge in [-0.2, -0.15) is 5.10 Å². The molecule has 212 valence electrons. The van der Waals surface area contributed by atoms with Crippen LogP contribution in [0.4, 0.5) is 10.2 Å². The zero-order valence-electron chi connectivity index (χ0n) is 23.0.